The van der Waals surface area contributed by atoms with E-state index in [0.29, 0.717) is 6.54 Å². The van der Waals surface area contributed by atoms with Gasteiger partial charge in [-0.15, -0.1) is 0 Å². The van der Waals surface area contributed by atoms with Crippen LogP contribution in [0.2, 0.25) is 0 Å². The maximum absolute atomic E-state index is 11.2. The van der Waals surface area contributed by atoms with E-state index in [1.165, 1.54) is 7.11 Å². The van der Waals surface area contributed by atoms with E-state index < -0.39 is 5.97 Å². The second-order valence-corrected chi connectivity index (χ2v) is 3.38. The zero-order chi connectivity index (χ0) is 12.5. The molecular formula is C13H15NO3. The van der Waals surface area contributed by atoms with E-state index in [1.807, 2.05) is 30.3 Å². The zero-order valence-electron chi connectivity index (χ0n) is 9.68. The van der Waals surface area contributed by atoms with Gasteiger partial charge in [-0.2, -0.15) is 0 Å². The minimum absolute atomic E-state index is 0.300. The van der Waals surface area contributed by atoms with Gasteiger partial charge >= 0.3 is 5.97 Å². The highest BCUT2D eigenvalue weighted by molar-refractivity contribution is 5.94. The molecular weight excluding hydrogens is 218 g/mol. The highest BCUT2D eigenvalue weighted by Gasteiger charge is 1.97. The summed E-state index contributed by atoms with van der Waals surface area (Å²) in [6.07, 6.45) is 3.02. The highest BCUT2D eigenvalue weighted by atomic mass is 16.5. The summed E-state index contributed by atoms with van der Waals surface area (Å²) in [5.41, 5.74) is 1.16. The van der Waals surface area contributed by atoms with E-state index in [1.54, 1.807) is 0 Å². The molecule has 1 N–H and O–H groups in total. The molecule has 0 aliphatic rings. The number of nitrogens with one attached hydrogen (secondary N) is 1. The summed E-state index contributed by atoms with van der Waals surface area (Å²) in [6.45, 7) is 0.536. The van der Waals surface area contributed by atoms with Crippen LogP contribution >= 0.6 is 0 Å². The van der Waals surface area contributed by atoms with Crippen molar-refractivity contribution >= 4 is 11.9 Å². The molecule has 17 heavy (non-hydrogen) atoms. The number of ether oxygens (including phenoxy) is 1. The Kier molecular flexibility index (Phi) is 5.51. The molecule has 0 heterocycles. The zero-order valence-corrected chi connectivity index (χ0v) is 9.68. The molecule has 0 spiro atoms. The molecule has 4 nitrogen and oxygen atoms in total. The Morgan fingerprint density at radius 1 is 1.24 bits per heavy atom. The summed E-state index contributed by atoms with van der Waals surface area (Å²) in [4.78, 5) is 22.0. The lowest BCUT2D eigenvalue weighted by molar-refractivity contribution is -0.135. The predicted octanol–water partition coefficient (Wildman–Crippen LogP) is 1.07. The van der Waals surface area contributed by atoms with Crippen molar-refractivity contribution in [2.45, 2.75) is 6.42 Å². The van der Waals surface area contributed by atoms with Crippen LogP contribution in [0.3, 0.4) is 0 Å². The molecule has 0 unspecified atom stereocenters. The molecule has 0 aliphatic heterocycles. The summed E-state index contributed by atoms with van der Waals surface area (Å²) in [6, 6.07) is 9.84. The third kappa shape index (κ3) is 5.51. The van der Waals surface area contributed by atoms with Gasteiger partial charge in [-0.1, -0.05) is 30.3 Å². The van der Waals surface area contributed by atoms with Crippen molar-refractivity contribution in [3.8, 4) is 0 Å². The largest absolute Gasteiger partial charge is 0.466 e. The Labute approximate surface area is 100 Å². The van der Waals surface area contributed by atoms with Gasteiger partial charge in [0.15, 0.2) is 0 Å². The molecule has 0 radical (unpaired) electrons. The first kappa shape index (κ1) is 13.0. The second-order valence-electron chi connectivity index (χ2n) is 3.38. The average Bonchev–Trinajstić information content (AvgIpc) is 2.37. The fourth-order valence-electron chi connectivity index (χ4n) is 1.25. The Hall–Kier alpha value is -2.10. The van der Waals surface area contributed by atoms with Crippen molar-refractivity contribution in [3.05, 3.63) is 48.0 Å². The van der Waals surface area contributed by atoms with Gasteiger partial charge in [0.25, 0.3) is 0 Å². The number of rotatable bonds is 5. The van der Waals surface area contributed by atoms with Crippen LogP contribution in [0, 0.1) is 0 Å². The number of carbonyl (C=O) groups is 2. The molecule has 0 saturated heterocycles. The van der Waals surface area contributed by atoms with Gasteiger partial charge in [-0.05, 0) is 12.0 Å². The third-order valence-electron chi connectivity index (χ3n) is 2.13. The molecule has 0 atom stereocenters. The number of esters is 1. The molecule has 0 aliphatic carbocycles. The highest BCUT2D eigenvalue weighted by Crippen LogP contribution is 1.97. The molecule has 0 saturated carbocycles. The number of benzene rings is 1. The van der Waals surface area contributed by atoms with Crippen LogP contribution in [-0.4, -0.2) is 25.5 Å². The smallest absolute Gasteiger partial charge is 0.330 e. The Bertz CT molecular complexity index is 398. The van der Waals surface area contributed by atoms with Crippen molar-refractivity contribution in [2.75, 3.05) is 13.7 Å². The first-order valence-corrected chi connectivity index (χ1v) is 5.30. The van der Waals surface area contributed by atoms with Gasteiger partial charge in [0.05, 0.1) is 7.11 Å². The van der Waals surface area contributed by atoms with E-state index in [4.69, 9.17) is 0 Å². The van der Waals surface area contributed by atoms with E-state index in [0.717, 1.165) is 24.1 Å². The van der Waals surface area contributed by atoms with Gasteiger partial charge in [-0.25, -0.2) is 4.79 Å². The maximum atomic E-state index is 11.2. The van der Waals surface area contributed by atoms with E-state index in [9.17, 15) is 9.59 Å². The van der Waals surface area contributed by atoms with Crippen molar-refractivity contribution in [1.82, 2.24) is 5.32 Å². The van der Waals surface area contributed by atoms with Crippen LogP contribution < -0.4 is 5.32 Å². The quantitative estimate of drug-likeness (QED) is 0.611. The molecule has 0 aromatic heterocycles. The fraction of sp³-hybridized carbons (Fsp3) is 0.231. The third-order valence-corrected chi connectivity index (χ3v) is 2.13. The lowest BCUT2D eigenvalue weighted by atomic mass is 10.1. The molecule has 1 aromatic carbocycles. The molecule has 90 valence electrons. The van der Waals surface area contributed by atoms with Gasteiger partial charge < -0.3 is 10.1 Å². The van der Waals surface area contributed by atoms with Crippen LogP contribution in [0.4, 0.5) is 0 Å². The summed E-state index contributed by atoms with van der Waals surface area (Å²) < 4.78 is 4.37. The molecule has 1 rings (SSSR count). The van der Waals surface area contributed by atoms with Crippen LogP contribution in [0.5, 0.6) is 0 Å². The van der Waals surface area contributed by atoms with Gasteiger partial charge in [0.2, 0.25) is 5.91 Å². The van der Waals surface area contributed by atoms with Gasteiger partial charge in [-0.3, -0.25) is 4.79 Å². The first-order valence-electron chi connectivity index (χ1n) is 5.30. The number of carbonyl (C=O) groups excluding carboxylic acids is 2. The number of hydrogen-bond donors (Lipinski definition) is 1. The molecule has 1 amide bonds. The molecule has 0 bridgehead atoms. The Morgan fingerprint density at radius 2 is 1.94 bits per heavy atom. The van der Waals surface area contributed by atoms with Gasteiger partial charge in [0, 0.05) is 18.7 Å². The predicted molar refractivity (Wildman–Crippen MR) is 64.3 cm³/mol. The minimum atomic E-state index is -0.539. The van der Waals surface area contributed by atoms with Crippen LogP contribution in [-0.2, 0) is 20.7 Å². The summed E-state index contributed by atoms with van der Waals surface area (Å²) in [5, 5.41) is 2.68. The second kappa shape index (κ2) is 7.22. The number of hydrogen-bond acceptors (Lipinski definition) is 3. The summed E-state index contributed by atoms with van der Waals surface area (Å²) in [7, 11) is 1.26. The van der Waals surface area contributed by atoms with Crippen molar-refractivity contribution in [3.63, 3.8) is 0 Å². The topological polar surface area (TPSA) is 55.4 Å². The summed E-state index contributed by atoms with van der Waals surface area (Å²) in [5.74, 6) is -0.838. The van der Waals surface area contributed by atoms with Crippen molar-refractivity contribution < 1.29 is 14.3 Å². The molecule has 1 aromatic rings. The minimum Gasteiger partial charge on any atom is -0.466 e. The lowest BCUT2D eigenvalue weighted by Gasteiger charge is -2.02. The van der Waals surface area contributed by atoms with Crippen molar-refractivity contribution in [1.29, 1.82) is 0 Å². The standard InChI is InChI=1S/C13H15NO3/c1-17-13(16)8-7-12(15)14-10-9-11-5-3-2-4-6-11/h2-8H,9-10H2,1H3,(H,14,15)/b8-7-. The lowest BCUT2D eigenvalue weighted by Crippen LogP contribution is -2.23. The fourth-order valence-corrected chi connectivity index (χ4v) is 1.25. The molecule has 0 fully saturated rings. The molecule has 4 heteroatoms. The van der Waals surface area contributed by atoms with E-state index in [2.05, 4.69) is 10.1 Å². The average molecular weight is 233 g/mol. The Balaban J connectivity index is 2.25. The number of amides is 1. The monoisotopic (exact) mass is 233 g/mol. The van der Waals surface area contributed by atoms with Gasteiger partial charge in [0.1, 0.15) is 0 Å². The maximum Gasteiger partial charge on any atom is 0.330 e. The van der Waals surface area contributed by atoms with E-state index >= 15 is 0 Å². The van der Waals surface area contributed by atoms with Crippen molar-refractivity contribution in [2.24, 2.45) is 0 Å². The van der Waals surface area contributed by atoms with Crippen LogP contribution in [0.1, 0.15) is 5.56 Å². The Morgan fingerprint density at radius 3 is 2.59 bits per heavy atom. The summed E-state index contributed by atoms with van der Waals surface area (Å²) >= 11 is 0. The van der Waals surface area contributed by atoms with Crippen LogP contribution in [0.25, 0.3) is 0 Å². The van der Waals surface area contributed by atoms with Crippen LogP contribution in [0.15, 0.2) is 42.5 Å². The first-order chi connectivity index (χ1) is 8.22. The normalized spacial score (nSPS) is 10.2. The van der Waals surface area contributed by atoms with E-state index in [-0.39, 0.29) is 5.91 Å². The SMILES string of the molecule is COC(=O)/C=C\C(=O)NCCc1ccccc1. The number of methoxy groups -OCH3 is 1.